The van der Waals surface area contributed by atoms with Gasteiger partial charge in [-0.05, 0) is 37.9 Å². The summed E-state index contributed by atoms with van der Waals surface area (Å²) in [6.07, 6.45) is 29.4. The minimum atomic E-state index is 0.749. The van der Waals surface area contributed by atoms with Crippen LogP contribution in [0.15, 0.2) is 0 Å². The van der Waals surface area contributed by atoms with E-state index in [0.29, 0.717) is 0 Å². The minimum absolute atomic E-state index is 0.749. The molecule has 36 heavy (non-hydrogen) atoms. The maximum atomic E-state index is 5.76. The second kappa shape index (κ2) is 32.6. The van der Waals surface area contributed by atoms with Crippen molar-refractivity contribution in [3.63, 3.8) is 0 Å². The van der Waals surface area contributed by atoms with Gasteiger partial charge in [-0.25, -0.2) is 0 Å². The van der Waals surface area contributed by atoms with E-state index in [1.807, 2.05) is 0 Å². The molecule has 0 aromatic heterocycles. The van der Waals surface area contributed by atoms with Gasteiger partial charge in [0.2, 0.25) is 0 Å². The molecule has 0 saturated carbocycles. The molecule has 0 atom stereocenters. The second-order valence-corrected chi connectivity index (χ2v) is 10.9. The number of ether oxygens (including phenoxy) is 2. The molecule has 216 valence electrons. The summed E-state index contributed by atoms with van der Waals surface area (Å²) in [4.78, 5) is 0. The molecule has 0 amide bonds. The largest absolute Gasteiger partial charge is 0.381 e. The first-order chi connectivity index (χ1) is 17.8. The highest BCUT2D eigenvalue weighted by Crippen LogP contribution is 2.11. The van der Waals surface area contributed by atoms with E-state index in [1.165, 1.54) is 128 Å². The Labute approximate surface area is 231 Å². The Morgan fingerprint density at radius 1 is 0.417 bits per heavy atom. The number of thiocarbonyl (C=S) groups is 1. The Hall–Kier alpha value is -0.390. The van der Waals surface area contributed by atoms with Crippen LogP contribution in [0.4, 0.5) is 0 Å². The van der Waals surface area contributed by atoms with Crippen LogP contribution in [0.3, 0.4) is 0 Å². The van der Waals surface area contributed by atoms with E-state index < -0.39 is 0 Å². The van der Waals surface area contributed by atoms with Crippen LogP contribution in [0.2, 0.25) is 0 Å². The molecular weight excluding hydrogens is 464 g/mol. The van der Waals surface area contributed by atoms with E-state index in [-0.39, 0.29) is 0 Å². The van der Waals surface area contributed by atoms with E-state index in [1.54, 1.807) is 0 Å². The van der Waals surface area contributed by atoms with E-state index in [2.05, 4.69) is 24.5 Å². The van der Waals surface area contributed by atoms with Gasteiger partial charge in [0, 0.05) is 39.5 Å². The summed E-state index contributed by atoms with van der Waals surface area (Å²) in [5, 5.41) is 7.30. The van der Waals surface area contributed by atoms with Crippen molar-refractivity contribution in [2.75, 3.05) is 39.5 Å². The summed E-state index contributed by atoms with van der Waals surface area (Å²) < 4.78 is 11.5. The quantitative estimate of drug-likeness (QED) is 0.0718. The predicted octanol–water partition coefficient (Wildman–Crippen LogP) is 9.11. The molecule has 5 heteroatoms. The van der Waals surface area contributed by atoms with Crippen molar-refractivity contribution in [3.05, 3.63) is 0 Å². The highest BCUT2D eigenvalue weighted by molar-refractivity contribution is 7.80. The first-order valence-electron chi connectivity index (χ1n) is 16.0. The molecule has 0 bridgehead atoms. The SMILES string of the molecule is CCCCCCCCCCCCOCCCNC(=S)NCCCOCCCCCCCCCCCC. The van der Waals surface area contributed by atoms with Crippen molar-refractivity contribution in [1.82, 2.24) is 10.6 Å². The van der Waals surface area contributed by atoms with Gasteiger partial charge < -0.3 is 20.1 Å². The number of rotatable bonds is 30. The molecule has 0 unspecified atom stereocenters. The minimum Gasteiger partial charge on any atom is -0.381 e. The predicted molar refractivity (Wildman–Crippen MR) is 163 cm³/mol. The number of unbranched alkanes of at least 4 members (excludes halogenated alkanes) is 18. The Balaban J connectivity index is 3.14. The number of hydrogen-bond donors (Lipinski definition) is 2. The summed E-state index contributed by atoms with van der Waals surface area (Å²) in [5.74, 6) is 0. The second-order valence-electron chi connectivity index (χ2n) is 10.5. The van der Waals surface area contributed by atoms with Crippen molar-refractivity contribution in [1.29, 1.82) is 0 Å². The molecule has 0 aromatic carbocycles. The molecular formula is C31H64N2O2S. The molecule has 0 fully saturated rings. The maximum Gasteiger partial charge on any atom is 0.166 e. The summed E-state index contributed by atoms with van der Waals surface area (Å²) >= 11 is 5.35. The normalized spacial score (nSPS) is 11.2. The fourth-order valence-electron chi connectivity index (χ4n) is 4.40. The summed E-state index contributed by atoms with van der Waals surface area (Å²) in [7, 11) is 0. The topological polar surface area (TPSA) is 42.5 Å². The van der Waals surface area contributed by atoms with E-state index in [4.69, 9.17) is 21.7 Å². The maximum absolute atomic E-state index is 5.76. The van der Waals surface area contributed by atoms with Crippen LogP contribution < -0.4 is 10.6 Å². The van der Waals surface area contributed by atoms with Crippen molar-refractivity contribution in [2.45, 2.75) is 155 Å². The lowest BCUT2D eigenvalue weighted by Crippen LogP contribution is -2.36. The van der Waals surface area contributed by atoms with Gasteiger partial charge in [0.05, 0.1) is 0 Å². The summed E-state index contributed by atoms with van der Waals surface area (Å²) in [6, 6.07) is 0. The lowest BCUT2D eigenvalue weighted by Gasteiger charge is -2.11. The van der Waals surface area contributed by atoms with Crippen molar-refractivity contribution < 1.29 is 9.47 Å². The van der Waals surface area contributed by atoms with Crippen LogP contribution in [0.1, 0.15) is 155 Å². The number of hydrogen-bond acceptors (Lipinski definition) is 3. The van der Waals surface area contributed by atoms with Crippen molar-refractivity contribution in [3.8, 4) is 0 Å². The molecule has 0 saturated heterocycles. The third-order valence-corrected chi connectivity index (χ3v) is 7.08. The third-order valence-electron chi connectivity index (χ3n) is 6.79. The van der Waals surface area contributed by atoms with Crippen LogP contribution in [-0.2, 0) is 9.47 Å². The van der Waals surface area contributed by atoms with Crippen molar-refractivity contribution >= 4 is 17.3 Å². The first kappa shape index (κ1) is 35.6. The summed E-state index contributed by atoms with van der Waals surface area (Å²) in [5.41, 5.74) is 0. The van der Waals surface area contributed by atoms with Gasteiger partial charge in [0.1, 0.15) is 0 Å². The molecule has 0 heterocycles. The van der Waals surface area contributed by atoms with Gasteiger partial charge in [0.25, 0.3) is 0 Å². The lowest BCUT2D eigenvalue weighted by atomic mass is 10.1. The highest BCUT2D eigenvalue weighted by Gasteiger charge is 1.97. The van der Waals surface area contributed by atoms with Gasteiger partial charge in [-0.2, -0.15) is 0 Å². The lowest BCUT2D eigenvalue weighted by molar-refractivity contribution is 0.127. The molecule has 0 aliphatic carbocycles. The van der Waals surface area contributed by atoms with Gasteiger partial charge in [0.15, 0.2) is 5.11 Å². The molecule has 0 rings (SSSR count). The molecule has 0 aliphatic rings. The van der Waals surface area contributed by atoms with Crippen LogP contribution in [0.25, 0.3) is 0 Å². The van der Waals surface area contributed by atoms with Gasteiger partial charge in [-0.3, -0.25) is 0 Å². The third kappa shape index (κ3) is 31.6. The highest BCUT2D eigenvalue weighted by atomic mass is 32.1. The average Bonchev–Trinajstić information content (AvgIpc) is 2.88. The Bertz CT molecular complexity index is 387. The van der Waals surface area contributed by atoms with E-state index in [9.17, 15) is 0 Å². The summed E-state index contributed by atoms with van der Waals surface area (Å²) in [6.45, 7) is 9.75. The smallest absolute Gasteiger partial charge is 0.166 e. The van der Waals surface area contributed by atoms with Gasteiger partial charge in [-0.15, -0.1) is 0 Å². The zero-order valence-corrected chi connectivity index (χ0v) is 25.3. The average molecular weight is 529 g/mol. The van der Waals surface area contributed by atoms with E-state index in [0.717, 1.165) is 57.5 Å². The fraction of sp³-hybridized carbons (Fsp3) is 0.968. The molecule has 0 aliphatic heterocycles. The fourth-order valence-corrected chi connectivity index (χ4v) is 4.61. The zero-order chi connectivity index (χ0) is 26.2. The first-order valence-corrected chi connectivity index (χ1v) is 16.4. The van der Waals surface area contributed by atoms with Crippen molar-refractivity contribution in [2.24, 2.45) is 0 Å². The molecule has 0 spiro atoms. The molecule has 0 aromatic rings. The standard InChI is InChI=1S/C31H64N2O2S/c1-3-5-7-9-11-13-15-17-19-21-27-34-29-23-25-32-31(36)33-26-24-30-35-28-22-20-18-16-14-12-10-8-6-4-2/h3-30H2,1-2H3,(H2,32,33,36). The monoisotopic (exact) mass is 528 g/mol. The van der Waals surface area contributed by atoms with Gasteiger partial charge >= 0.3 is 0 Å². The van der Waals surface area contributed by atoms with Gasteiger partial charge in [-0.1, -0.05) is 129 Å². The molecule has 0 radical (unpaired) electrons. The number of nitrogens with one attached hydrogen (secondary N) is 2. The van der Waals surface area contributed by atoms with Crippen LogP contribution in [0.5, 0.6) is 0 Å². The Kier molecular flexibility index (Phi) is 32.3. The van der Waals surface area contributed by atoms with Crippen LogP contribution >= 0.6 is 12.2 Å². The Morgan fingerprint density at radius 2 is 0.694 bits per heavy atom. The van der Waals surface area contributed by atoms with E-state index >= 15 is 0 Å². The molecule has 4 nitrogen and oxygen atoms in total. The van der Waals surface area contributed by atoms with Crippen LogP contribution in [-0.4, -0.2) is 44.6 Å². The Morgan fingerprint density at radius 3 is 1.03 bits per heavy atom. The zero-order valence-electron chi connectivity index (χ0n) is 24.5. The molecule has 2 N–H and O–H groups in total. The van der Waals surface area contributed by atoms with Crippen LogP contribution in [0, 0.1) is 0 Å².